The van der Waals surface area contributed by atoms with E-state index < -0.39 is 26.8 Å². The van der Waals surface area contributed by atoms with Crippen LogP contribution in [0.3, 0.4) is 0 Å². The van der Waals surface area contributed by atoms with Gasteiger partial charge < -0.3 is 10.2 Å². The highest BCUT2D eigenvalue weighted by atomic mass is 32.2. The van der Waals surface area contributed by atoms with Gasteiger partial charge in [0.15, 0.2) is 0 Å². The van der Waals surface area contributed by atoms with Gasteiger partial charge in [-0.3, -0.25) is 9.11 Å². The minimum atomic E-state index is -4.17. The van der Waals surface area contributed by atoms with Crippen LogP contribution in [-0.2, 0) is 20.6 Å². The topological polar surface area (TPSA) is 218 Å². The molecule has 0 aliphatic heterocycles. The van der Waals surface area contributed by atoms with E-state index in [1.54, 1.807) is 0 Å². The first-order chi connectivity index (χ1) is 5.73. The molecule has 14 heavy (non-hydrogen) atoms. The van der Waals surface area contributed by atoms with Crippen LogP contribution in [0.15, 0.2) is 0 Å². The van der Waals surface area contributed by atoms with Crippen LogP contribution in [0.2, 0.25) is 0 Å². The van der Waals surface area contributed by atoms with Crippen molar-refractivity contribution in [2.24, 2.45) is 10.3 Å². The predicted molar refractivity (Wildman–Crippen MR) is 42.1 cm³/mol. The molecule has 0 aromatic heterocycles. The van der Waals surface area contributed by atoms with Gasteiger partial charge in [0.2, 0.25) is 0 Å². The largest absolute Gasteiger partial charge is 0.503 e. The molecule has 0 aromatic rings. The molecule has 0 bridgehead atoms. The number of hydrogen-bond donors (Lipinski definition) is 6. The second-order valence-corrected chi connectivity index (χ2v) is 3.37. The van der Waals surface area contributed by atoms with E-state index in [1.165, 1.54) is 0 Å². The molecule has 13 heteroatoms. The maximum atomic E-state index is 8.97. The monoisotopic (exact) mass is 256 g/mol. The van der Waals surface area contributed by atoms with Gasteiger partial charge in [0, 0.05) is 0 Å². The molecule has 0 saturated heterocycles. The number of rotatable bonds is 0. The van der Waals surface area contributed by atoms with Gasteiger partial charge in [-0.05, 0) is 0 Å². The van der Waals surface area contributed by atoms with Crippen molar-refractivity contribution in [3.63, 3.8) is 0 Å². The average Bonchev–Trinajstić information content (AvgIpc) is 1.45. The van der Waals surface area contributed by atoms with E-state index in [9.17, 15) is 0 Å². The summed E-state index contributed by atoms with van der Waals surface area (Å²) in [6.45, 7) is 0. The number of carbonyl (C=O) groups is 1. The van der Waals surface area contributed by atoms with Crippen molar-refractivity contribution in [1.29, 1.82) is 0 Å². The van der Waals surface area contributed by atoms with Crippen LogP contribution < -0.4 is 10.3 Å². The molecule has 0 rings (SSSR count). The highest BCUT2D eigenvalue weighted by Crippen LogP contribution is 1.51. The summed E-state index contributed by atoms with van der Waals surface area (Å²) in [5, 5.41) is 21.7. The summed E-state index contributed by atoms with van der Waals surface area (Å²) in [5.41, 5.74) is 0. The lowest BCUT2D eigenvalue weighted by molar-refractivity contribution is 0.137. The quantitative estimate of drug-likeness (QED) is 0.256. The zero-order valence-electron chi connectivity index (χ0n) is 6.30. The molecule has 0 amide bonds. The summed E-state index contributed by atoms with van der Waals surface area (Å²) in [7, 11) is -8.33. The third kappa shape index (κ3) is 1130. The standard InChI is InChI=1S/CH2O3.2H3NO3S/c2-1(3)4;2*1-5(2,3)4/h(H2,2,3,4);2*(H3,1,2,3,4). The van der Waals surface area contributed by atoms with Gasteiger partial charge in [-0.25, -0.2) is 15.1 Å². The molecular weight excluding hydrogens is 248 g/mol. The molecular formula is CH8N2O9S2. The zero-order chi connectivity index (χ0) is 12.6. The lowest BCUT2D eigenvalue weighted by Crippen LogP contribution is -2.08. The van der Waals surface area contributed by atoms with Crippen LogP contribution in [0.1, 0.15) is 0 Å². The third-order valence-corrected chi connectivity index (χ3v) is 0. The minimum Gasteiger partial charge on any atom is -0.450 e. The molecule has 88 valence electrons. The molecule has 0 spiro atoms. The first-order valence-electron chi connectivity index (χ1n) is 2.15. The molecule has 0 saturated carbocycles. The van der Waals surface area contributed by atoms with Crippen molar-refractivity contribution in [1.82, 2.24) is 0 Å². The molecule has 0 radical (unpaired) electrons. The highest BCUT2D eigenvalue weighted by Gasteiger charge is 1.81. The Balaban J connectivity index is -0.000000131. The van der Waals surface area contributed by atoms with Gasteiger partial charge in [0.25, 0.3) is 0 Å². The molecule has 0 aromatic carbocycles. The van der Waals surface area contributed by atoms with Crippen molar-refractivity contribution in [2.45, 2.75) is 0 Å². The van der Waals surface area contributed by atoms with Crippen molar-refractivity contribution in [3.8, 4) is 0 Å². The Morgan fingerprint density at radius 2 is 0.857 bits per heavy atom. The first-order valence-corrected chi connectivity index (χ1v) is 5.16. The maximum Gasteiger partial charge on any atom is 0.503 e. The van der Waals surface area contributed by atoms with Crippen LogP contribution in [0.5, 0.6) is 0 Å². The van der Waals surface area contributed by atoms with Gasteiger partial charge in [0.1, 0.15) is 0 Å². The van der Waals surface area contributed by atoms with Crippen molar-refractivity contribution >= 4 is 26.8 Å². The summed E-state index contributed by atoms with van der Waals surface area (Å²) >= 11 is 0. The SMILES string of the molecule is NS(=O)(=O)O.NS(=O)(=O)O.O=C(O)O. The fraction of sp³-hybridized carbons (Fsp3) is 0. The van der Waals surface area contributed by atoms with Gasteiger partial charge in [-0.1, -0.05) is 0 Å². The molecule has 0 atom stereocenters. The number of carboxylic acid groups (broad SMARTS) is 2. The van der Waals surface area contributed by atoms with Crippen LogP contribution in [-0.4, -0.2) is 42.3 Å². The Bertz CT molecular complexity index is 287. The Morgan fingerprint density at radius 3 is 0.857 bits per heavy atom. The van der Waals surface area contributed by atoms with Crippen LogP contribution in [0.25, 0.3) is 0 Å². The van der Waals surface area contributed by atoms with Gasteiger partial charge in [0.05, 0.1) is 0 Å². The van der Waals surface area contributed by atoms with Crippen molar-refractivity contribution in [2.75, 3.05) is 0 Å². The Morgan fingerprint density at radius 1 is 0.857 bits per heavy atom. The smallest absolute Gasteiger partial charge is 0.450 e. The zero-order valence-corrected chi connectivity index (χ0v) is 7.93. The van der Waals surface area contributed by atoms with E-state index in [4.69, 9.17) is 40.9 Å². The fourth-order valence-electron chi connectivity index (χ4n) is 0. The van der Waals surface area contributed by atoms with E-state index >= 15 is 0 Å². The maximum absolute atomic E-state index is 8.97. The lowest BCUT2D eigenvalue weighted by Gasteiger charge is -1.70. The van der Waals surface area contributed by atoms with Crippen molar-refractivity contribution in [3.05, 3.63) is 0 Å². The average molecular weight is 256 g/mol. The molecule has 0 aliphatic rings. The summed E-state index contributed by atoms with van der Waals surface area (Å²) in [4.78, 5) is 8.56. The number of nitrogens with two attached hydrogens (primary N) is 2. The van der Waals surface area contributed by atoms with Crippen molar-refractivity contribution < 1.29 is 40.9 Å². The summed E-state index contributed by atoms with van der Waals surface area (Å²) in [5.74, 6) is 0. The van der Waals surface area contributed by atoms with E-state index in [2.05, 4.69) is 10.3 Å². The molecule has 0 unspecified atom stereocenters. The summed E-state index contributed by atoms with van der Waals surface area (Å²) < 4.78 is 50.4. The van der Waals surface area contributed by atoms with E-state index in [-0.39, 0.29) is 0 Å². The number of hydrogen-bond acceptors (Lipinski definition) is 5. The molecule has 8 N–H and O–H groups in total. The van der Waals surface area contributed by atoms with Crippen LogP contribution in [0, 0.1) is 0 Å². The second kappa shape index (κ2) is 7.42. The first kappa shape index (κ1) is 18.7. The van der Waals surface area contributed by atoms with E-state index in [0.29, 0.717) is 0 Å². The highest BCUT2D eigenvalue weighted by molar-refractivity contribution is 7.83. The Kier molecular flexibility index (Phi) is 9.92. The van der Waals surface area contributed by atoms with E-state index in [1.807, 2.05) is 0 Å². The Labute approximate surface area is 78.7 Å². The summed E-state index contributed by atoms with van der Waals surface area (Å²) in [6.07, 6.45) is -1.83. The minimum absolute atomic E-state index is 1.83. The van der Waals surface area contributed by atoms with Crippen LogP contribution >= 0.6 is 0 Å². The van der Waals surface area contributed by atoms with Gasteiger partial charge in [-0.15, -0.1) is 0 Å². The van der Waals surface area contributed by atoms with Crippen LogP contribution in [0.4, 0.5) is 4.79 Å². The summed E-state index contributed by atoms with van der Waals surface area (Å²) in [6, 6.07) is 0. The molecule has 0 aliphatic carbocycles. The third-order valence-electron chi connectivity index (χ3n) is 0. The van der Waals surface area contributed by atoms with E-state index in [0.717, 1.165) is 0 Å². The predicted octanol–water partition coefficient (Wildman–Crippen LogP) is -2.28. The normalized spacial score (nSPS) is 10.0. The van der Waals surface area contributed by atoms with Gasteiger partial charge >= 0.3 is 26.8 Å². The Hall–Kier alpha value is -0.990. The molecule has 0 heterocycles. The fourth-order valence-corrected chi connectivity index (χ4v) is 0. The van der Waals surface area contributed by atoms with Gasteiger partial charge in [-0.2, -0.15) is 16.8 Å². The molecule has 0 fully saturated rings. The lowest BCUT2D eigenvalue weighted by atomic mass is 11.5. The second-order valence-electron chi connectivity index (χ2n) is 1.31. The molecule has 11 nitrogen and oxygen atoms in total.